The van der Waals surface area contributed by atoms with Gasteiger partial charge in [-0.2, -0.15) is 0 Å². The van der Waals surface area contributed by atoms with E-state index in [9.17, 15) is 9.59 Å². The molecule has 0 radical (unpaired) electrons. The summed E-state index contributed by atoms with van der Waals surface area (Å²) in [6.45, 7) is 7.25. The molecule has 2 fully saturated rings. The molecule has 0 aromatic heterocycles. The smallest absolute Gasteiger partial charge is 0.254 e. The summed E-state index contributed by atoms with van der Waals surface area (Å²) in [6, 6.07) is 12.2. The van der Waals surface area contributed by atoms with E-state index in [4.69, 9.17) is 0 Å². The number of carbonyl (C=O) groups is 2. The second kappa shape index (κ2) is 6.99. The number of rotatable bonds is 2. The summed E-state index contributed by atoms with van der Waals surface area (Å²) in [6.07, 6.45) is 3.64. The second-order valence-corrected chi connectivity index (χ2v) is 8.21. The molecule has 1 spiro atoms. The third-order valence-electron chi connectivity index (χ3n) is 6.45. The van der Waals surface area contributed by atoms with Crippen molar-refractivity contribution in [3.63, 3.8) is 0 Å². The Labute approximate surface area is 161 Å². The van der Waals surface area contributed by atoms with Gasteiger partial charge in [0.05, 0.1) is 0 Å². The Kier molecular flexibility index (Phi) is 4.67. The Bertz CT molecular complexity index is 891. The first-order valence-corrected chi connectivity index (χ1v) is 10.1. The number of fused-ring (bicyclic) bond motifs is 1. The molecule has 142 valence electrons. The molecular weight excluding hydrogens is 336 g/mol. The molecule has 2 aliphatic rings. The van der Waals surface area contributed by atoms with Crippen molar-refractivity contribution in [2.75, 3.05) is 26.2 Å². The van der Waals surface area contributed by atoms with Crippen molar-refractivity contribution in [3.05, 3.63) is 47.5 Å². The van der Waals surface area contributed by atoms with Gasteiger partial charge in [-0.25, -0.2) is 0 Å². The number of hydrogen-bond acceptors (Lipinski definition) is 2. The standard InChI is InChI=1S/C23H28N2O2/c1-3-24-15-23(13-11-21(24)26)12-6-14-25(16-23)22(27)20-10-9-17(2)18-7-4-5-8-19(18)20/h4-5,7-10H,3,6,11-16H2,1-2H3/t23-/m1/s1. The summed E-state index contributed by atoms with van der Waals surface area (Å²) in [5.41, 5.74) is 2.06. The Hall–Kier alpha value is -2.36. The van der Waals surface area contributed by atoms with E-state index in [-0.39, 0.29) is 17.2 Å². The molecule has 4 nitrogen and oxygen atoms in total. The minimum atomic E-state index is 0.0678. The van der Waals surface area contributed by atoms with Gasteiger partial charge < -0.3 is 9.80 Å². The van der Waals surface area contributed by atoms with Crippen molar-refractivity contribution >= 4 is 22.6 Å². The Morgan fingerprint density at radius 3 is 2.63 bits per heavy atom. The van der Waals surface area contributed by atoms with Crippen LogP contribution in [0.5, 0.6) is 0 Å². The van der Waals surface area contributed by atoms with Crippen molar-refractivity contribution in [1.82, 2.24) is 9.80 Å². The summed E-state index contributed by atoms with van der Waals surface area (Å²) in [5.74, 6) is 0.390. The molecule has 2 saturated heterocycles. The van der Waals surface area contributed by atoms with E-state index in [1.807, 2.05) is 47.1 Å². The van der Waals surface area contributed by atoms with Crippen LogP contribution in [0.1, 0.15) is 48.5 Å². The van der Waals surface area contributed by atoms with E-state index in [1.165, 1.54) is 5.56 Å². The number of aryl methyl sites for hydroxylation is 1. The summed E-state index contributed by atoms with van der Waals surface area (Å²) in [7, 11) is 0. The van der Waals surface area contributed by atoms with E-state index in [1.54, 1.807) is 0 Å². The van der Waals surface area contributed by atoms with Gasteiger partial charge in [0, 0.05) is 43.6 Å². The van der Waals surface area contributed by atoms with Gasteiger partial charge in [-0.05, 0) is 55.5 Å². The minimum absolute atomic E-state index is 0.0678. The topological polar surface area (TPSA) is 40.6 Å². The van der Waals surface area contributed by atoms with Crippen LogP contribution in [-0.4, -0.2) is 47.8 Å². The summed E-state index contributed by atoms with van der Waals surface area (Å²) < 4.78 is 0. The van der Waals surface area contributed by atoms with Crippen LogP contribution < -0.4 is 0 Å². The fraction of sp³-hybridized carbons (Fsp3) is 0.478. The van der Waals surface area contributed by atoms with Gasteiger partial charge in [-0.15, -0.1) is 0 Å². The molecule has 2 heterocycles. The van der Waals surface area contributed by atoms with E-state index < -0.39 is 0 Å². The zero-order valence-electron chi connectivity index (χ0n) is 16.3. The monoisotopic (exact) mass is 364 g/mol. The maximum absolute atomic E-state index is 13.4. The van der Waals surface area contributed by atoms with E-state index in [2.05, 4.69) is 13.0 Å². The van der Waals surface area contributed by atoms with Crippen LogP contribution in [0.4, 0.5) is 0 Å². The van der Waals surface area contributed by atoms with Crippen LogP contribution >= 0.6 is 0 Å². The molecule has 2 aromatic rings. The second-order valence-electron chi connectivity index (χ2n) is 8.21. The van der Waals surface area contributed by atoms with Gasteiger partial charge in [0.15, 0.2) is 0 Å². The quantitative estimate of drug-likeness (QED) is 0.808. The van der Waals surface area contributed by atoms with Crippen LogP contribution in [0.2, 0.25) is 0 Å². The normalized spacial score (nSPS) is 23.3. The number of piperidine rings is 2. The number of likely N-dealkylation sites (tertiary alicyclic amines) is 2. The highest BCUT2D eigenvalue weighted by Crippen LogP contribution is 2.39. The molecule has 1 atom stereocenters. The van der Waals surface area contributed by atoms with Crippen molar-refractivity contribution in [2.24, 2.45) is 5.41 Å². The maximum Gasteiger partial charge on any atom is 0.254 e. The number of nitrogens with zero attached hydrogens (tertiary/aromatic N) is 2. The molecule has 0 unspecified atom stereocenters. The molecule has 0 N–H and O–H groups in total. The van der Waals surface area contributed by atoms with Crippen LogP contribution in [0.25, 0.3) is 10.8 Å². The zero-order valence-corrected chi connectivity index (χ0v) is 16.3. The first-order valence-electron chi connectivity index (χ1n) is 10.1. The lowest BCUT2D eigenvalue weighted by molar-refractivity contribution is -0.138. The number of amides is 2. The molecule has 4 heteroatoms. The predicted molar refractivity (Wildman–Crippen MR) is 108 cm³/mol. The van der Waals surface area contributed by atoms with Gasteiger partial charge in [0.2, 0.25) is 5.91 Å². The van der Waals surface area contributed by atoms with Crippen molar-refractivity contribution in [1.29, 1.82) is 0 Å². The van der Waals surface area contributed by atoms with Gasteiger partial charge >= 0.3 is 0 Å². The molecule has 4 rings (SSSR count). The summed E-state index contributed by atoms with van der Waals surface area (Å²) >= 11 is 0. The van der Waals surface area contributed by atoms with E-state index >= 15 is 0 Å². The Balaban J connectivity index is 1.62. The van der Waals surface area contributed by atoms with Gasteiger partial charge in [0.1, 0.15) is 0 Å². The van der Waals surface area contributed by atoms with Gasteiger partial charge in [0.25, 0.3) is 5.91 Å². The Morgan fingerprint density at radius 1 is 1.07 bits per heavy atom. The average Bonchev–Trinajstić information content (AvgIpc) is 2.70. The maximum atomic E-state index is 13.4. The van der Waals surface area contributed by atoms with Crippen LogP contribution in [0.15, 0.2) is 36.4 Å². The molecule has 2 aromatic carbocycles. The predicted octanol–water partition coefficient (Wildman–Crippen LogP) is 4.01. The molecular formula is C23H28N2O2. The molecule has 0 saturated carbocycles. The minimum Gasteiger partial charge on any atom is -0.342 e. The number of carbonyl (C=O) groups excluding carboxylic acids is 2. The molecule has 0 aliphatic carbocycles. The largest absolute Gasteiger partial charge is 0.342 e. The summed E-state index contributed by atoms with van der Waals surface area (Å²) in [5, 5.41) is 2.19. The fourth-order valence-corrected chi connectivity index (χ4v) is 4.91. The average molecular weight is 364 g/mol. The molecule has 2 amide bonds. The highest BCUT2D eigenvalue weighted by Gasteiger charge is 2.42. The van der Waals surface area contributed by atoms with Crippen molar-refractivity contribution in [2.45, 2.75) is 39.5 Å². The lowest BCUT2D eigenvalue weighted by Gasteiger charge is -2.48. The lowest BCUT2D eigenvalue weighted by atomic mass is 9.73. The van der Waals surface area contributed by atoms with Gasteiger partial charge in [-0.3, -0.25) is 9.59 Å². The third-order valence-corrected chi connectivity index (χ3v) is 6.45. The van der Waals surface area contributed by atoms with Crippen molar-refractivity contribution < 1.29 is 9.59 Å². The van der Waals surface area contributed by atoms with Crippen LogP contribution in [0.3, 0.4) is 0 Å². The van der Waals surface area contributed by atoms with Gasteiger partial charge in [-0.1, -0.05) is 30.3 Å². The SMILES string of the molecule is CCN1C[C@@]2(CCCN(C(=O)c3ccc(C)c4ccccc34)C2)CCC1=O. The molecule has 0 bridgehead atoms. The highest BCUT2D eigenvalue weighted by molar-refractivity contribution is 6.07. The fourth-order valence-electron chi connectivity index (χ4n) is 4.91. The number of hydrogen-bond donors (Lipinski definition) is 0. The summed E-state index contributed by atoms with van der Waals surface area (Å²) in [4.78, 5) is 29.5. The van der Waals surface area contributed by atoms with Crippen molar-refractivity contribution in [3.8, 4) is 0 Å². The highest BCUT2D eigenvalue weighted by atomic mass is 16.2. The van der Waals surface area contributed by atoms with Crippen LogP contribution in [0, 0.1) is 12.3 Å². The first kappa shape index (κ1) is 18.0. The molecule has 27 heavy (non-hydrogen) atoms. The van der Waals surface area contributed by atoms with E-state index in [0.29, 0.717) is 6.42 Å². The zero-order chi connectivity index (χ0) is 19.0. The number of benzene rings is 2. The first-order chi connectivity index (χ1) is 13.0. The third kappa shape index (κ3) is 3.22. The lowest BCUT2D eigenvalue weighted by Crippen LogP contribution is -2.55. The Morgan fingerprint density at radius 2 is 1.85 bits per heavy atom. The van der Waals surface area contributed by atoms with Crippen LogP contribution in [-0.2, 0) is 4.79 Å². The van der Waals surface area contributed by atoms with E-state index in [0.717, 1.165) is 61.8 Å². The molecule has 2 aliphatic heterocycles.